The first kappa shape index (κ1) is 15.9. The monoisotopic (exact) mass is 345 g/mol. The van der Waals surface area contributed by atoms with Crippen LogP contribution in [0.3, 0.4) is 0 Å². The summed E-state index contributed by atoms with van der Waals surface area (Å²) in [6, 6.07) is 4.73. The van der Waals surface area contributed by atoms with Crippen molar-refractivity contribution >= 4 is 15.9 Å². The molecule has 0 bridgehead atoms. The Morgan fingerprint density at radius 2 is 2.35 bits per heavy atom. The minimum absolute atomic E-state index is 0.204. The van der Waals surface area contributed by atoms with E-state index in [1.165, 1.54) is 6.07 Å². The van der Waals surface area contributed by atoms with Crippen LogP contribution in [0.25, 0.3) is 0 Å². The Morgan fingerprint density at radius 1 is 1.45 bits per heavy atom. The van der Waals surface area contributed by atoms with Crippen molar-refractivity contribution in [2.24, 2.45) is 0 Å². The van der Waals surface area contributed by atoms with Crippen molar-refractivity contribution in [3.05, 3.63) is 34.1 Å². The topological polar surface area (TPSA) is 30.5 Å². The van der Waals surface area contributed by atoms with Crippen molar-refractivity contribution in [1.82, 2.24) is 5.32 Å². The third-order valence-electron chi connectivity index (χ3n) is 3.29. The molecule has 0 saturated carbocycles. The van der Waals surface area contributed by atoms with Gasteiger partial charge in [0, 0.05) is 24.2 Å². The molecule has 2 rings (SSSR count). The van der Waals surface area contributed by atoms with Gasteiger partial charge < -0.3 is 14.8 Å². The Balaban J connectivity index is 1.51. The Labute approximate surface area is 128 Å². The molecule has 3 nitrogen and oxygen atoms in total. The molecule has 1 unspecified atom stereocenters. The second-order valence-corrected chi connectivity index (χ2v) is 5.83. The molecule has 1 N–H and O–H groups in total. The van der Waals surface area contributed by atoms with Crippen molar-refractivity contribution in [2.75, 3.05) is 26.4 Å². The average Bonchev–Trinajstić information content (AvgIpc) is 2.94. The Hall–Kier alpha value is -0.490. The number of nitrogens with one attached hydrogen (secondary N) is 1. The molecular formula is C15H21BrFNO2. The lowest BCUT2D eigenvalue weighted by molar-refractivity contribution is 0.0166. The number of hydrogen-bond acceptors (Lipinski definition) is 3. The van der Waals surface area contributed by atoms with Gasteiger partial charge in [0.05, 0.1) is 12.7 Å². The lowest BCUT2D eigenvalue weighted by atomic mass is 10.2. The summed E-state index contributed by atoms with van der Waals surface area (Å²) >= 11 is 3.42. The highest BCUT2D eigenvalue weighted by molar-refractivity contribution is 9.10. The van der Waals surface area contributed by atoms with Gasteiger partial charge in [-0.25, -0.2) is 4.39 Å². The minimum atomic E-state index is -0.204. The SMILES string of the molecule is Fc1ccc(Br)c(CNCCCOCC2CCCO2)c1. The van der Waals surface area contributed by atoms with Gasteiger partial charge in [0.1, 0.15) is 5.82 Å². The maximum Gasteiger partial charge on any atom is 0.123 e. The van der Waals surface area contributed by atoms with Gasteiger partial charge in [-0.1, -0.05) is 15.9 Å². The second kappa shape index (κ2) is 8.72. The predicted octanol–water partition coefficient (Wildman–Crippen LogP) is 3.26. The molecule has 1 aliphatic rings. The number of hydrogen-bond donors (Lipinski definition) is 1. The van der Waals surface area contributed by atoms with Crippen LogP contribution < -0.4 is 5.32 Å². The highest BCUT2D eigenvalue weighted by Gasteiger charge is 2.14. The smallest absolute Gasteiger partial charge is 0.123 e. The lowest BCUT2D eigenvalue weighted by Crippen LogP contribution is -2.19. The summed E-state index contributed by atoms with van der Waals surface area (Å²) in [6.45, 7) is 3.82. The molecule has 1 fully saturated rings. The first-order valence-electron chi connectivity index (χ1n) is 7.09. The molecular weight excluding hydrogens is 325 g/mol. The summed E-state index contributed by atoms with van der Waals surface area (Å²) in [5, 5.41) is 3.29. The average molecular weight is 346 g/mol. The molecule has 20 heavy (non-hydrogen) atoms. The largest absolute Gasteiger partial charge is 0.379 e. The standard InChI is InChI=1S/C15H21BrFNO2/c16-15-5-4-13(17)9-12(15)10-18-6-2-7-19-11-14-3-1-8-20-14/h4-5,9,14,18H,1-3,6-8,10-11H2. The molecule has 1 atom stereocenters. The zero-order valence-corrected chi connectivity index (χ0v) is 13.1. The molecule has 1 aromatic rings. The first-order chi connectivity index (χ1) is 9.75. The quantitative estimate of drug-likeness (QED) is 0.733. The van der Waals surface area contributed by atoms with E-state index in [9.17, 15) is 4.39 Å². The fourth-order valence-corrected chi connectivity index (χ4v) is 2.58. The molecule has 1 aromatic carbocycles. The molecule has 5 heteroatoms. The van der Waals surface area contributed by atoms with E-state index in [1.807, 2.05) is 0 Å². The molecule has 0 radical (unpaired) electrons. The molecule has 0 spiro atoms. The van der Waals surface area contributed by atoms with Crippen molar-refractivity contribution in [2.45, 2.75) is 31.9 Å². The summed E-state index contributed by atoms with van der Waals surface area (Å²) in [5.74, 6) is -0.204. The van der Waals surface area contributed by atoms with E-state index in [-0.39, 0.29) is 5.82 Å². The fraction of sp³-hybridized carbons (Fsp3) is 0.600. The summed E-state index contributed by atoms with van der Waals surface area (Å²) in [4.78, 5) is 0. The summed E-state index contributed by atoms with van der Waals surface area (Å²) in [5.41, 5.74) is 0.935. The van der Waals surface area contributed by atoms with Crippen molar-refractivity contribution in [3.8, 4) is 0 Å². The summed E-state index contributed by atoms with van der Waals surface area (Å²) in [7, 11) is 0. The van der Waals surface area contributed by atoms with Gasteiger partial charge in [0.15, 0.2) is 0 Å². The van der Waals surface area contributed by atoms with E-state index in [0.717, 1.165) is 49.1 Å². The number of benzene rings is 1. The van der Waals surface area contributed by atoms with E-state index >= 15 is 0 Å². The molecule has 0 aromatic heterocycles. The molecule has 112 valence electrons. The van der Waals surface area contributed by atoms with Gasteiger partial charge in [-0.3, -0.25) is 0 Å². The summed E-state index contributed by atoms with van der Waals surface area (Å²) in [6.07, 6.45) is 3.51. The van der Waals surface area contributed by atoms with Gasteiger partial charge in [0.25, 0.3) is 0 Å². The zero-order chi connectivity index (χ0) is 14.2. The van der Waals surface area contributed by atoms with Gasteiger partial charge in [-0.2, -0.15) is 0 Å². The molecule has 1 aliphatic heterocycles. The Bertz CT molecular complexity index is 411. The van der Waals surface area contributed by atoms with Crippen molar-refractivity contribution < 1.29 is 13.9 Å². The van der Waals surface area contributed by atoms with Crippen LogP contribution in [0.4, 0.5) is 4.39 Å². The van der Waals surface area contributed by atoms with Crippen LogP contribution in [-0.2, 0) is 16.0 Å². The predicted molar refractivity (Wildman–Crippen MR) is 80.2 cm³/mol. The lowest BCUT2D eigenvalue weighted by Gasteiger charge is -2.10. The number of halogens is 2. The third kappa shape index (κ3) is 5.48. The Kier molecular flexibility index (Phi) is 6.93. The van der Waals surface area contributed by atoms with Gasteiger partial charge >= 0.3 is 0 Å². The van der Waals surface area contributed by atoms with E-state index in [1.54, 1.807) is 12.1 Å². The van der Waals surface area contributed by atoms with Crippen LogP contribution in [0, 0.1) is 5.82 Å². The highest BCUT2D eigenvalue weighted by atomic mass is 79.9. The highest BCUT2D eigenvalue weighted by Crippen LogP contribution is 2.17. The van der Waals surface area contributed by atoms with E-state index in [0.29, 0.717) is 19.3 Å². The van der Waals surface area contributed by atoms with Gasteiger partial charge in [-0.05, 0) is 49.6 Å². The second-order valence-electron chi connectivity index (χ2n) is 4.98. The van der Waals surface area contributed by atoms with Crippen LogP contribution in [0.15, 0.2) is 22.7 Å². The van der Waals surface area contributed by atoms with Crippen molar-refractivity contribution in [3.63, 3.8) is 0 Å². The molecule has 1 heterocycles. The van der Waals surface area contributed by atoms with Gasteiger partial charge in [0.2, 0.25) is 0 Å². The van der Waals surface area contributed by atoms with Crippen LogP contribution in [0.5, 0.6) is 0 Å². The van der Waals surface area contributed by atoms with E-state index in [2.05, 4.69) is 21.2 Å². The van der Waals surface area contributed by atoms with Crippen LogP contribution in [0.1, 0.15) is 24.8 Å². The number of ether oxygens (including phenoxy) is 2. The summed E-state index contributed by atoms with van der Waals surface area (Å²) < 4.78 is 25.1. The Morgan fingerprint density at radius 3 is 3.15 bits per heavy atom. The normalized spacial score (nSPS) is 18.6. The fourth-order valence-electron chi connectivity index (χ4n) is 2.19. The maximum absolute atomic E-state index is 13.1. The van der Waals surface area contributed by atoms with Crippen molar-refractivity contribution in [1.29, 1.82) is 0 Å². The molecule has 0 aliphatic carbocycles. The molecule has 0 amide bonds. The van der Waals surface area contributed by atoms with Crippen LogP contribution in [0.2, 0.25) is 0 Å². The zero-order valence-electron chi connectivity index (χ0n) is 11.5. The third-order valence-corrected chi connectivity index (χ3v) is 4.07. The van der Waals surface area contributed by atoms with E-state index in [4.69, 9.17) is 9.47 Å². The maximum atomic E-state index is 13.1. The molecule has 1 saturated heterocycles. The van der Waals surface area contributed by atoms with Crippen LogP contribution >= 0.6 is 15.9 Å². The number of rotatable bonds is 8. The van der Waals surface area contributed by atoms with E-state index < -0.39 is 0 Å². The van der Waals surface area contributed by atoms with Crippen LogP contribution in [-0.4, -0.2) is 32.5 Å². The first-order valence-corrected chi connectivity index (χ1v) is 7.89. The van der Waals surface area contributed by atoms with Gasteiger partial charge in [-0.15, -0.1) is 0 Å². The minimum Gasteiger partial charge on any atom is -0.379 e.